The van der Waals surface area contributed by atoms with Gasteiger partial charge in [0.2, 0.25) is 0 Å². The number of anilines is 1. The zero-order valence-electron chi connectivity index (χ0n) is 13.1. The Labute approximate surface area is 131 Å². The van der Waals surface area contributed by atoms with E-state index in [9.17, 15) is 0 Å². The average Bonchev–Trinajstić information content (AvgIpc) is 2.50. The Morgan fingerprint density at radius 3 is 2.82 bits per heavy atom. The summed E-state index contributed by atoms with van der Waals surface area (Å²) in [6.07, 6.45) is 5.77. The number of nitrogens with one attached hydrogen (secondary N) is 1. The highest BCUT2D eigenvalue weighted by molar-refractivity contribution is 5.58. The molecule has 5 nitrogen and oxygen atoms in total. The fraction of sp³-hybridized carbons (Fsp3) is 0.471. The maximum absolute atomic E-state index is 5.31. The van der Waals surface area contributed by atoms with Crippen LogP contribution in [0.25, 0.3) is 11.4 Å². The van der Waals surface area contributed by atoms with Crippen LogP contribution in [0.15, 0.2) is 30.5 Å². The van der Waals surface area contributed by atoms with Crippen molar-refractivity contribution in [1.82, 2.24) is 15.0 Å². The van der Waals surface area contributed by atoms with Crippen molar-refractivity contribution >= 4 is 5.82 Å². The van der Waals surface area contributed by atoms with Gasteiger partial charge in [-0.3, -0.25) is 4.98 Å². The highest BCUT2D eigenvalue weighted by Crippen LogP contribution is 2.32. The van der Waals surface area contributed by atoms with Gasteiger partial charge in [-0.25, -0.2) is 9.97 Å². The van der Waals surface area contributed by atoms with Gasteiger partial charge in [0.15, 0.2) is 0 Å². The fourth-order valence-corrected chi connectivity index (χ4v) is 2.81. The molecule has 1 N–H and O–H groups in total. The van der Waals surface area contributed by atoms with E-state index < -0.39 is 0 Å². The molecule has 22 heavy (non-hydrogen) atoms. The van der Waals surface area contributed by atoms with Crippen LogP contribution in [0, 0.1) is 12.8 Å². The van der Waals surface area contributed by atoms with Gasteiger partial charge in [-0.1, -0.05) is 6.07 Å². The minimum Gasteiger partial charge on any atom is -0.381 e. The third-order valence-electron chi connectivity index (χ3n) is 4.15. The van der Waals surface area contributed by atoms with Crippen molar-refractivity contribution in [2.75, 3.05) is 19.0 Å². The van der Waals surface area contributed by atoms with Gasteiger partial charge >= 0.3 is 0 Å². The number of aryl methyl sites for hydroxylation is 1. The van der Waals surface area contributed by atoms with Gasteiger partial charge in [-0.2, -0.15) is 0 Å². The maximum atomic E-state index is 5.31. The lowest BCUT2D eigenvalue weighted by Crippen LogP contribution is -2.31. The normalized spacial score (nSPS) is 20.5. The molecule has 2 aromatic rings. The van der Waals surface area contributed by atoms with Gasteiger partial charge in [-0.15, -0.1) is 0 Å². The number of hydrogen-bond donors (Lipinski definition) is 1. The van der Waals surface area contributed by atoms with Gasteiger partial charge in [0.1, 0.15) is 11.6 Å². The molecule has 0 aromatic carbocycles. The van der Waals surface area contributed by atoms with E-state index >= 15 is 0 Å². The molecular weight excluding hydrogens is 276 g/mol. The molecule has 3 rings (SSSR count). The van der Waals surface area contributed by atoms with Crippen LogP contribution in [-0.4, -0.2) is 34.7 Å². The molecule has 0 bridgehead atoms. The summed E-state index contributed by atoms with van der Waals surface area (Å²) in [4.78, 5) is 13.3. The van der Waals surface area contributed by atoms with Crippen molar-refractivity contribution in [3.05, 3.63) is 36.3 Å². The van der Waals surface area contributed by atoms with Gasteiger partial charge < -0.3 is 10.1 Å². The van der Waals surface area contributed by atoms with Crippen LogP contribution in [0.3, 0.4) is 0 Å². The first kappa shape index (κ1) is 14.9. The molecule has 1 aliphatic rings. The summed E-state index contributed by atoms with van der Waals surface area (Å²) in [5, 5.41) is 3.41. The molecule has 0 spiro atoms. The van der Waals surface area contributed by atoms with Crippen LogP contribution in [0.1, 0.15) is 25.1 Å². The third-order valence-corrected chi connectivity index (χ3v) is 4.15. The maximum Gasteiger partial charge on any atom is 0.130 e. The summed E-state index contributed by atoms with van der Waals surface area (Å²) in [6.45, 7) is 2.84. The molecule has 0 aliphatic heterocycles. The smallest absolute Gasteiger partial charge is 0.130 e. The van der Waals surface area contributed by atoms with Gasteiger partial charge in [0, 0.05) is 25.9 Å². The van der Waals surface area contributed by atoms with E-state index in [1.54, 1.807) is 13.3 Å². The predicted octanol–water partition coefficient (Wildman–Crippen LogP) is 3.07. The summed E-state index contributed by atoms with van der Waals surface area (Å²) in [5.74, 6) is 2.40. The third kappa shape index (κ3) is 3.60. The molecule has 2 aromatic heterocycles. The minimum absolute atomic E-state index is 0.474. The second-order valence-corrected chi connectivity index (χ2v) is 5.81. The van der Waals surface area contributed by atoms with Crippen molar-refractivity contribution in [2.24, 2.45) is 5.92 Å². The molecule has 1 saturated carbocycles. The first-order valence-corrected chi connectivity index (χ1v) is 7.78. The van der Waals surface area contributed by atoms with Gasteiger partial charge in [0.25, 0.3) is 0 Å². The summed E-state index contributed by atoms with van der Waals surface area (Å²) >= 11 is 0. The van der Waals surface area contributed by atoms with E-state index in [1.165, 1.54) is 12.8 Å². The zero-order chi connectivity index (χ0) is 15.4. The second kappa shape index (κ2) is 6.83. The summed E-state index contributed by atoms with van der Waals surface area (Å²) in [5.41, 5.74) is 1.73. The standard InChI is InChI=1S/C17H22N4O/c1-12-20-16(15-5-3-4-7-18-15)11-17(21-12)19-8-6-13-9-14(10-13)22-2/h3-5,7,11,13-14H,6,8-10H2,1-2H3,(H,19,20,21). The number of nitrogens with zero attached hydrogens (tertiary/aromatic N) is 3. The van der Waals surface area contributed by atoms with Crippen LogP contribution in [0.2, 0.25) is 0 Å². The summed E-state index contributed by atoms with van der Waals surface area (Å²) in [7, 11) is 1.79. The largest absolute Gasteiger partial charge is 0.381 e. The SMILES string of the molecule is COC1CC(CCNc2cc(-c3ccccn3)nc(C)n2)C1. The van der Waals surface area contributed by atoms with E-state index in [0.717, 1.165) is 41.9 Å². The quantitative estimate of drug-likeness (QED) is 0.888. The molecule has 1 fully saturated rings. The van der Waals surface area contributed by atoms with Crippen LogP contribution in [0.5, 0.6) is 0 Å². The molecule has 116 valence electrons. The van der Waals surface area contributed by atoms with Crippen molar-refractivity contribution in [2.45, 2.75) is 32.3 Å². The molecule has 1 aliphatic carbocycles. The molecular formula is C17H22N4O. The van der Waals surface area contributed by atoms with E-state index in [4.69, 9.17) is 4.74 Å². The minimum atomic E-state index is 0.474. The lowest BCUT2D eigenvalue weighted by Gasteiger charge is -2.34. The van der Waals surface area contributed by atoms with Crippen LogP contribution < -0.4 is 5.32 Å². The number of pyridine rings is 1. The topological polar surface area (TPSA) is 59.9 Å². The van der Waals surface area contributed by atoms with E-state index in [0.29, 0.717) is 6.10 Å². The van der Waals surface area contributed by atoms with Crippen molar-refractivity contribution in [3.8, 4) is 11.4 Å². The number of aromatic nitrogens is 3. The number of ether oxygens (including phenoxy) is 1. The number of rotatable bonds is 6. The Balaban J connectivity index is 1.59. The first-order valence-electron chi connectivity index (χ1n) is 7.78. The van der Waals surface area contributed by atoms with Crippen LogP contribution >= 0.6 is 0 Å². The number of hydrogen-bond acceptors (Lipinski definition) is 5. The first-order chi connectivity index (χ1) is 10.7. The lowest BCUT2D eigenvalue weighted by atomic mass is 9.80. The number of methoxy groups -OCH3 is 1. The molecule has 0 unspecified atom stereocenters. The highest BCUT2D eigenvalue weighted by atomic mass is 16.5. The fourth-order valence-electron chi connectivity index (χ4n) is 2.81. The molecule has 0 atom stereocenters. The summed E-state index contributed by atoms with van der Waals surface area (Å²) in [6, 6.07) is 7.80. The Hall–Kier alpha value is -2.01. The Bertz CT molecular complexity index is 611. The second-order valence-electron chi connectivity index (χ2n) is 5.81. The molecule has 2 heterocycles. The highest BCUT2D eigenvalue weighted by Gasteiger charge is 2.28. The lowest BCUT2D eigenvalue weighted by molar-refractivity contribution is -0.000337. The van der Waals surface area contributed by atoms with E-state index in [-0.39, 0.29) is 0 Å². The van der Waals surface area contributed by atoms with Crippen molar-refractivity contribution in [1.29, 1.82) is 0 Å². The van der Waals surface area contributed by atoms with Crippen molar-refractivity contribution < 1.29 is 4.74 Å². The molecule has 0 saturated heterocycles. The molecule has 0 amide bonds. The van der Waals surface area contributed by atoms with Gasteiger partial charge in [-0.05, 0) is 44.2 Å². The predicted molar refractivity (Wildman–Crippen MR) is 86.6 cm³/mol. The average molecular weight is 298 g/mol. The van der Waals surface area contributed by atoms with Gasteiger partial charge in [0.05, 0.1) is 17.5 Å². The van der Waals surface area contributed by atoms with E-state index in [1.807, 2.05) is 31.2 Å². The van der Waals surface area contributed by atoms with Crippen molar-refractivity contribution in [3.63, 3.8) is 0 Å². The Kier molecular flexibility index (Phi) is 4.63. The monoisotopic (exact) mass is 298 g/mol. The Morgan fingerprint density at radius 1 is 1.23 bits per heavy atom. The summed E-state index contributed by atoms with van der Waals surface area (Å²) < 4.78 is 5.31. The molecule has 0 radical (unpaired) electrons. The van der Waals surface area contributed by atoms with E-state index in [2.05, 4.69) is 20.3 Å². The zero-order valence-corrected chi connectivity index (χ0v) is 13.1. The molecule has 5 heteroatoms. The Morgan fingerprint density at radius 2 is 2.09 bits per heavy atom. The van der Waals surface area contributed by atoms with Crippen LogP contribution in [0.4, 0.5) is 5.82 Å². The van der Waals surface area contributed by atoms with Crippen LogP contribution in [-0.2, 0) is 4.74 Å².